The third-order valence-electron chi connectivity index (χ3n) is 3.87. The third kappa shape index (κ3) is 3.13. The van der Waals surface area contributed by atoms with E-state index in [4.69, 9.17) is 0 Å². The molecule has 2 aliphatic rings. The van der Waals surface area contributed by atoms with Gasteiger partial charge < -0.3 is 16.0 Å². The summed E-state index contributed by atoms with van der Waals surface area (Å²) in [5.41, 5.74) is 0. The molecule has 1 atom stereocenters. The van der Waals surface area contributed by atoms with Gasteiger partial charge in [0.05, 0.1) is 6.04 Å². The number of nitrogens with zero attached hydrogens (tertiary/aromatic N) is 1. The smallest absolute Gasteiger partial charge is 0.243 e. The number of amides is 1. The van der Waals surface area contributed by atoms with Crippen molar-refractivity contribution in [3.8, 4) is 0 Å². The van der Waals surface area contributed by atoms with Gasteiger partial charge in [-0.05, 0) is 51.2 Å². The molecule has 1 unspecified atom stereocenters. The number of thiazole rings is 1. The van der Waals surface area contributed by atoms with E-state index in [0.717, 1.165) is 37.6 Å². The average Bonchev–Trinajstić information content (AvgIpc) is 3.11. The minimum absolute atomic E-state index is 0.0359. The van der Waals surface area contributed by atoms with Crippen molar-refractivity contribution in [2.45, 2.75) is 37.6 Å². The second kappa shape index (κ2) is 5.98. The summed E-state index contributed by atoms with van der Waals surface area (Å²) in [7, 11) is 0. The number of anilines is 1. The molecule has 0 aromatic carbocycles. The van der Waals surface area contributed by atoms with E-state index < -0.39 is 0 Å². The summed E-state index contributed by atoms with van der Waals surface area (Å²) in [6.45, 7) is 3.10. The number of nitrogens with one attached hydrogen (secondary N) is 3. The van der Waals surface area contributed by atoms with Crippen LogP contribution >= 0.6 is 11.3 Å². The Morgan fingerprint density at radius 1 is 1.32 bits per heavy atom. The molecule has 1 aromatic rings. The lowest BCUT2D eigenvalue weighted by atomic mass is 9.97. The van der Waals surface area contributed by atoms with Crippen LogP contribution in [0.1, 0.15) is 36.5 Å². The Kier molecular flexibility index (Phi) is 4.10. The van der Waals surface area contributed by atoms with E-state index >= 15 is 0 Å². The number of rotatable bonds is 3. The topological polar surface area (TPSA) is 66.0 Å². The quantitative estimate of drug-likeness (QED) is 0.781. The van der Waals surface area contributed by atoms with Crippen LogP contribution < -0.4 is 16.0 Å². The van der Waals surface area contributed by atoms with Crippen LogP contribution in [0.3, 0.4) is 0 Å². The molecule has 0 saturated carbocycles. The highest BCUT2D eigenvalue weighted by Gasteiger charge is 2.23. The van der Waals surface area contributed by atoms with Gasteiger partial charge in [0.25, 0.3) is 0 Å². The largest absolute Gasteiger partial charge is 0.317 e. The van der Waals surface area contributed by atoms with Crippen molar-refractivity contribution in [2.75, 3.05) is 25.0 Å². The first kappa shape index (κ1) is 13.0. The summed E-state index contributed by atoms with van der Waals surface area (Å²) >= 11 is 1.63. The first-order valence-electron chi connectivity index (χ1n) is 7.03. The molecule has 2 fully saturated rings. The van der Waals surface area contributed by atoms with Gasteiger partial charge in [-0.1, -0.05) is 0 Å². The van der Waals surface area contributed by atoms with Gasteiger partial charge in [0, 0.05) is 11.1 Å². The zero-order valence-electron chi connectivity index (χ0n) is 10.9. The fraction of sp³-hybridized carbons (Fsp3) is 0.692. The van der Waals surface area contributed by atoms with E-state index in [-0.39, 0.29) is 11.9 Å². The van der Waals surface area contributed by atoms with E-state index in [1.807, 2.05) is 6.20 Å². The Morgan fingerprint density at radius 2 is 2.16 bits per heavy atom. The monoisotopic (exact) mass is 280 g/mol. The molecular weight excluding hydrogens is 260 g/mol. The van der Waals surface area contributed by atoms with Crippen molar-refractivity contribution in [3.05, 3.63) is 11.1 Å². The summed E-state index contributed by atoms with van der Waals surface area (Å²) in [6.07, 6.45) is 6.27. The van der Waals surface area contributed by atoms with Crippen LogP contribution in [-0.4, -0.2) is 36.6 Å². The minimum atomic E-state index is -0.0359. The van der Waals surface area contributed by atoms with Crippen molar-refractivity contribution in [1.82, 2.24) is 15.6 Å². The maximum absolute atomic E-state index is 12.0. The Morgan fingerprint density at radius 3 is 2.89 bits per heavy atom. The lowest BCUT2D eigenvalue weighted by molar-refractivity contribution is -0.117. The SMILES string of the molecule is O=C(Nc1ncc(C2CCNCC2)s1)C1CCCN1. The third-order valence-corrected chi connectivity index (χ3v) is 4.95. The average molecular weight is 280 g/mol. The zero-order valence-corrected chi connectivity index (χ0v) is 11.8. The van der Waals surface area contributed by atoms with Gasteiger partial charge in [0.1, 0.15) is 0 Å². The molecule has 0 bridgehead atoms. The molecular formula is C13H20N4OS. The summed E-state index contributed by atoms with van der Waals surface area (Å²) in [4.78, 5) is 17.6. The molecule has 104 valence electrons. The number of carbonyl (C=O) groups excluding carboxylic acids is 1. The Bertz CT molecular complexity index is 436. The fourth-order valence-corrected chi connectivity index (χ4v) is 3.73. The minimum Gasteiger partial charge on any atom is -0.317 e. The normalized spacial score (nSPS) is 24.5. The summed E-state index contributed by atoms with van der Waals surface area (Å²) in [6, 6.07) is -0.0359. The zero-order chi connectivity index (χ0) is 13.1. The van der Waals surface area contributed by atoms with E-state index in [2.05, 4.69) is 20.9 Å². The lowest BCUT2D eigenvalue weighted by Gasteiger charge is -2.20. The van der Waals surface area contributed by atoms with E-state index in [9.17, 15) is 4.79 Å². The van der Waals surface area contributed by atoms with Crippen molar-refractivity contribution in [1.29, 1.82) is 0 Å². The molecule has 0 spiro atoms. The highest BCUT2D eigenvalue weighted by molar-refractivity contribution is 7.15. The van der Waals surface area contributed by atoms with E-state index in [1.165, 1.54) is 17.7 Å². The lowest BCUT2D eigenvalue weighted by Crippen LogP contribution is -2.35. The summed E-state index contributed by atoms with van der Waals surface area (Å²) in [5, 5.41) is 10.2. The van der Waals surface area contributed by atoms with Crippen LogP contribution in [0.2, 0.25) is 0 Å². The first-order valence-corrected chi connectivity index (χ1v) is 7.85. The van der Waals surface area contributed by atoms with Gasteiger partial charge in [0.15, 0.2) is 5.13 Å². The Labute approximate surface area is 117 Å². The molecule has 0 aliphatic carbocycles. The number of hydrogen-bond donors (Lipinski definition) is 3. The number of carbonyl (C=O) groups is 1. The number of piperidine rings is 1. The molecule has 1 aromatic heterocycles. The predicted octanol–water partition coefficient (Wildman–Crippen LogP) is 1.30. The van der Waals surface area contributed by atoms with E-state index in [0.29, 0.717) is 5.92 Å². The summed E-state index contributed by atoms with van der Waals surface area (Å²) in [5.74, 6) is 0.665. The van der Waals surface area contributed by atoms with Crippen LogP contribution in [0.25, 0.3) is 0 Å². The van der Waals surface area contributed by atoms with Crippen LogP contribution in [0, 0.1) is 0 Å². The second-order valence-electron chi connectivity index (χ2n) is 5.23. The van der Waals surface area contributed by atoms with E-state index in [1.54, 1.807) is 11.3 Å². The molecule has 5 nitrogen and oxygen atoms in total. The molecule has 3 N–H and O–H groups in total. The van der Waals surface area contributed by atoms with Gasteiger partial charge in [-0.25, -0.2) is 4.98 Å². The fourth-order valence-electron chi connectivity index (χ4n) is 2.74. The molecule has 2 saturated heterocycles. The highest BCUT2D eigenvalue weighted by atomic mass is 32.1. The number of aromatic nitrogens is 1. The maximum atomic E-state index is 12.0. The van der Waals surface area contributed by atoms with Crippen LogP contribution in [0.4, 0.5) is 5.13 Å². The second-order valence-corrected chi connectivity index (χ2v) is 6.29. The van der Waals surface area contributed by atoms with Crippen LogP contribution in [-0.2, 0) is 4.79 Å². The predicted molar refractivity (Wildman–Crippen MR) is 76.6 cm³/mol. The standard InChI is InChI=1S/C13H20N4OS/c18-12(10-2-1-5-15-10)17-13-16-8-11(19-13)9-3-6-14-7-4-9/h8-10,14-15H,1-7H2,(H,16,17,18). The summed E-state index contributed by atoms with van der Waals surface area (Å²) < 4.78 is 0. The van der Waals surface area contributed by atoms with Gasteiger partial charge in [-0.2, -0.15) is 0 Å². The van der Waals surface area contributed by atoms with Gasteiger partial charge in [0.2, 0.25) is 5.91 Å². The van der Waals surface area contributed by atoms with Crippen molar-refractivity contribution >= 4 is 22.4 Å². The Hall–Kier alpha value is -0.980. The van der Waals surface area contributed by atoms with Crippen molar-refractivity contribution in [2.24, 2.45) is 0 Å². The maximum Gasteiger partial charge on any atom is 0.243 e. The molecule has 3 heterocycles. The van der Waals surface area contributed by atoms with Crippen LogP contribution in [0.15, 0.2) is 6.20 Å². The Balaban J connectivity index is 1.59. The van der Waals surface area contributed by atoms with Gasteiger partial charge >= 0.3 is 0 Å². The molecule has 6 heteroatoms. The van der Waals surface area contributed by atoms with Crippen molar-refractivity contribution in [3.63, 3.8) is 0 Å². The van der Waals surface area contributed by atoms with Crippen molar-refractivity contribution < 1.29 is 4.79 Å². The highest BCUT2D eigenvalue weighted by Crippen LogP contribution is 2.31. The first-order chi connectivity index (χ1) is 9.33. The molecule has 2 aliphatic heterocycles. The molecule has 19 heavy (non-hydrogen) atoms. The van der Waals surface area contributed by atoms with Gasteiger partial charge in [-0.15, -0.1) is 11.3 Å². The molecule has 1 amide bonds. The van der Waals surface area contributed by atoms with Gasteiger partial charge in [-0.3, -0.25) is 4.79 Å². The van der Waals surface area contributed by atoms with Crippen LogP contribution in [0.5, 0.6) is 0 Å². The molecule has 0 radical (unpaired) electrons. The molecule has 3 rings (SSSR count). The number of hydrogen-bond acceptors (Lipinski definition) is 5.